The zero-order valence-electron chi connectivity index (χ0n) is 16.0. The van der Waals surface area contributed by atoms with Crippen LogP contribution < -0.4 is 10.6 Å². The van der Waals surface area contributed by atoms with E-state index >= 15 is 0 Å². The lowest BCUT2D eigenvalue weighted by molar-refractivity contribution is 0.224. The number of para-hydroxylation sites is 1. The smallest absolute Gasteiger partial charge is 0.131 e. The van der Waals surface area contributed by atoms with Gasteiger partial charge >= 0.3 is 0 Å². The van der Waals surface area contributed by atoms with Gasteiger partial charge < -0.3 is 20.8 Å². The molecule has 6 nitrogen and oxygen atoms in total. The molecule has 1 aliphatic heterocycles. The van der Waals surface area contributed by atoms with Crippen molar-refractivity contribution in [3.63, 3.8) is 0 Å². The van der Waals surface area contributed by atoms with Crippen molar-refractivity contribution in [2.24, 2.45) is 0 Å². The predicted molar refractivity (Wildman–Crippen MR) is 111 cm³/mol. The number of nitrogens with zero attached hydrogens (tertiary/aromatic N) is 2. The highest BCUT2D eigenvalue weighted by Crippen LogP contribution is 2.38. The van der Waals surface area contributed by atoms with Gasteiger partial charge in [0.1, 0.15) is 12.0 Å². The van der Waals surface area contributed by atoms with Gasteiger partial charge in [-0.2, -0.15) is 5.10 Å². The Morgan fingerprint density at radius 1 is 1.07 bits per heavy atom. The van der Waals surface area contributed by atoms with E-state index in [2.05, 4.69) is 15.7 Å². The van der Waals surface area contributed by atoms with Crippen LogP contribution in [0.1, 0.15) is 25.8 Å². The highest BCUT2D eigenvalue weighted by Gasteiger charge is 2.18. The molecule has 2 aromatic carbocycles. The van der Waals surface area contributed by atoms with Crippen LogP contribution in [0, 0.1) is 0 Å². The first-order valence-corrected chi connectivity index (χ1v) is 9.74. The van der Waals surface area contributed by atoms with Crippen LogP contribution in [0.5, 0.6) is 5.75 Å². The summed E-state index contributed by atoms with van der Waals surface area (Å²) in [5, 5.41) is 31.2. The molecule has 1 unspecified atom stereocenters. The van der Waals surface area contributed by atoms with E-state index in [0.717, 1.165) is 53.9 Å². The number of rotatable bonds is 5. The monoisotopic (exact) mass is 378 g/mol. The average Bonchev–Trinajstić information content (AvgIpc) is 3.19. The maximum absolute atomic E-state index is 10.9. The van der Waals surface area contributed by atoms with E-state index in [1.165, 1.54) is 0 Å². The number of hydrogen-bond donors (Lipinski definition) is 4. The Labute approximate surface area is 164 Å². The standard InChI is InChI=1S/C22H26N4O2/c1-15(27)25-18-7-5-16(6-8-18)20-3-2-4-21(22(20)28)17-13-24-26(14-17)19-9-11-23-12-10-19/h2-8,13-15,19,23,25,27-28H,9-12H2,1H3. The summed E-state index contributed by atoms with van der Waals surface area (Å²) in [5.41, 5.74) is 4.23. The molecule has 0 bridgehead atoms. The quantitative estimate of drug-likeness (QED) is 0.510. The lowest BCUT2D eigenvalue weighted by atomic mass is 9.98. The van der Waals surface area contributed by atoms with Gasteiger partial charge in [0.25, 0.3) is 0 Å². The molecule has 0 aliphatic carbocycles. The number of hydrogen-bond acceptors (Lipinski definition) is 5. The molecule has 28 heavy (non-hydrogen) atoms. The molecule has 0 radical (unpaired) electrons. The van der Waals surface area contributed by atoms with E-state index in [0.29, 0.717) is 6.04 Å². The van der Waals surface area contributed by atoms with E-state index in [9.17, 15) is 10.2 Å². The van der Waals surface area contributed by atoms with Gasteiger partial charge in [0, 0.05) is 28.6 Å². The summed E-state index contributed by atoms with van der Waals surface area (Å²) in [6.07, 6.45) is 5.39. The van der Waals surface area contributed by atoms with Crippen molar-refractivity contribution in [2.45, 2.75) is 32.0 Å². The molecule has 1 fully saturated rings. The van der Waals surface area contributed by atoms with Gasteiger partial charge in [-0.1, -0.05) is 30.3 Å². The van der Waals surface area contributed by atoms with Gasteiger partial charge in [-0.25, -0.2) is 0 Å². The number of nitrogens with one attached hydrogen (secondary N) is 2. The Morgan fingerprint density at radius 3 is 2.43 bits per heavy atom. The molecular weight excluding hydrogens is 352 g/mol. The fourth-order valence-electron chi connectivity index (χ4n) is 3.74. The molecule has 0 amide bonds. The van der Waals surface area contributed by atoms with Gasteiger partial charge in [0.05, 0.1) is 12.2 Å². The Balaban J connectivity index is 1.61. The molecule has 1 aliphatic rings. The number of anilines is 1. The molecule has 0 saturated carbocycles. The second-order valence-corrected chi connectivity index (χ2v) is 7.29. The molecule has 3 aromatic rings. The zero-order chi connectivity index (χ0) is 19.5. The fraction of sp³-hybridized carbons (Fsp3) is 0.318. The molecule has 1 atom stereocenters. The number of aromatic hydroxyl groups is 1. The highest BCUT2D eigenvalue weighted by atomic mass is 16.3. The number of aliphatic hydroxyl groups excluding tert-OH is 1. The molecule has 6 heteroatoms. The van der Waals surface area contributed by atoms with E-state index in [-0.39, 0.29) is 5.75 Å². The van der Waals surface area contributed by atoms with Gasteiger partial charge in [0.2, 0.25) is 0 Å². The predicted octanol–water partition coefficient (Wildman–Crippen LogP) is 3.60. The Hall–Kier alpha value is -2.83. The number of phenols is 1. The van der Waals surface area contributed by atoms with Gasteiger partial charge in [-0.05, 0) is 50.6 Å². The zero-order valence-corrected chi connectivity index (χ0v) is 16.0. The summed E-state index contributed by atoms with van der Waals surface area (Å²) in [5.74, 6) is 0.253. The van der Waals surface area contributed by atoms with Crippen LogP contribution in [0.3, 0.4) is 0 Å². The van der Waals surface area contributed by atoms with Gasteiger partial charge in [-0.15, -0.1) is 0 Å². The van der Waals surface area contributed by atoms with Crippen molar-refractivity contribution in [3.8, 4) is 28.0 Å². The third-order valence-electron chi connectivity index (χ3n) is 5.20. The van der Waals surface area contributed by atoms with Crippen LogP contribution >= 0.6 is 0 Å². The summed E-state index contributed by atoms with van der Waals surface area (Å²) < 4.78 is 2.03. The number of aliphatic hydroxyl groups is 1. The average molecular weight is 378 g/mol. The number of aromatic nitrogens is 2. The van der Waals surface area contributed by atoms with Crippen molar-refractivity contribution in [3.05, 3.63) is 54.9 Å². The first kappa shape index (κ1) is 18.5. The second kappa shape index (κ2) is 8.04. The summed E-state index contributed by atoms with van der Waals surface area (Å²) in [6, 6.07) is 13.8. The summed E-state index contributed by atoms with van der Waals surface area (Å²) >= 11 is 0. The molecule has 4 rings (SSSR count). The number of phenolic OH excluding ortho intramolecular Hbond substituents is 1. The minimum atomic E-state index is -0.612. The van der Waals surface area contributed by atoms with Crippen molar-refractivity contribution in [2.75, 3.05) is 18.4 Å². The van der Waals surface area contributed by atoms with E-state index in [1.807, 2.05) is 59.5 Å². The number of benzene rings is 2. The fourth-order valence-corrected chi connectivity index (χ4v) is 3.74. The van der Waals surface area contributed by atoms with Crippen LogP contribution in [-0.2, 0) is 0 Å². The Kier molecular flexibility index (Phi) is 5.32. The van der Waals surface area contributed by atoms with Crippen LogP contribution in [0.15, 0.2) is 54.9 Å². The van der Waals surface area contributed by atoms with Crippen molar-refractivity contribution in [1.29, 1.82) is 0 Å². The maximum Gasteiger partial charge on any atom is 0.131 e. The minimum Gasteiger partial charge on any atom is -0.507 e. The third-order valence-corrected chi connectivity index (χ3v) is 5.20. The topological polar surface area (TPSA) is 82.3 Å². The first-order valence-electron chi connectivity index (χ1n) is 9.74. The summed E-state index contributed by atoms with van der Waals surface area (Å²) in [6.45, 7) is 3.70. The highest BCUT2D eigenvalue weighted by molar-refractivity contribution is 5.82. The van der Waals surface area contributed by atoms with Gasteiger partial charge in [0.15, 0.2) is 0 Å². The Morgan fingerprint density at radius 2 is 1.75 bits per heavy atom. The lowest BCUT2D eigenvalue weighted by Gasteiger charge is -2.22. The Bertz CT molecular complexity index is 928. The molecule has 4 N–H and O–H groups in total. The molecule has 0 spiro atoms. The van der Waals surface area contributed by atoms with Crippen molar-refractivity contribution in [1.82, 2.24) is 15.1 Å². The third kappa shape index (κ3) is 3.88. The van der Waals surface area contributed by atoms with Gasteiger partial charge in [-0.3, -0.25) is 4.68 Å². The van der Waals surface area contributed by atoms with E-state index < -0.39 is 6.23 Å². The molecule has 1 aromatic heterocycles. The van der Waals surface area contributed by atoms with Crippen molar-refractivity contribution < 1.29 is 10.2 Å². The second-order valence-electron chi connectivity index (χ2n) is 7.29. The van der Waals surface area contributed by atoms with E-state index in [1.54, 1.807) is 6.92 Å². The first-order chi connectivity index (χ1) is 13.6. The van der Waals surface area contributed by atoms with Crippen LogP contribution in [0.2, 0.25) is 0 Å². The molecule has 146 valence electrons. The number of piperidine rings is 1. The van der Waals surface area contributed by atoms with Crippen LogP contribution in [-0.4, -0.2) is 39.3 Å². The molecule has 1 saturated heterocycles. The maximum atomic E-state index is 10.9. The van der Waals surface area contributed by atoms with E-state index in [4.69, 9.17) is 0 Å². The minimum absolute atomic E-state index is 0.253. The van der Waals surface area contributed by atoms with Crippen LogP contribution in [0.4, 0.5) is 5.69 Å². The lowest BCUT2D eigenvalue weighted by Crippen LogP contribution is -2.29. The SMILES string of the molecule is CC(O)Nc1ccc(-c2cccc(-c3cnn(C4CCNCC4)c3)c2O)cc1. The summed E-state index contributed by atoms with van der Waals surface area (Å²) in [4.78, 5) is 0. The van der Waals surface area contributed by atoms with Crippen molar-refractivity contribution >= 4 is 5.69 Å². The molecule has 2 heterocycles. The van der Waals surface area contributed by atoms with Crippen LogP contribution in [0.25, 0.3) is 22.3 Å². The summed E-state index contributed by atoms with van der Waals surface area (Å²) in [7, 11) is 0. The normalized spacial score (nSPS) is 16.1. The largest absolute Gasteiger partial charge is 0.507 e. The molecular formula is C22H26N4O2.